The monoisotopic (exact) mass is 446 g/mol. The number of benzene rings is 2. The molecule has 162 valence electrons. The van der Waals surface area contributed by atoms with E-state index in [0.29, 0.717) is 22.7 Å². The molecule has 3 aromatic rings. The summed E-state index contributed by atoms with van der Waals surface area (Å²) in [4.78, 5) is 29.8. The third-order valence-electron chi connectivity index (χ3n) is 5.10. The van der Waals surface area contributed by atoms with Gasteiger partial charge in [-0.15, -0.1) is 0 Å². The van der Waals surface area contributed by atoms with Crippen molar-refractivity contribution in [2.45, 2.75) is 25.3 Å². The third-order valence-corrected chi connectivity index (χ3v) is 5.43. The first-order valence-electron chi connectivity index (χ1n) is 10.2. The maximum absolute atomic E-state index is 12.8. The minimum absolute atomic E-state index is 0.0232. The Hall–Kier alpha value is -3.69. The molecule has 2 aromatic carbocycles. The predicted octanol–water partition coefficient (Wildman–Crippen LogP) is 4.33. The van der Waals surface area contributed by atoms with Gasteiger partial charge in [-0.1, -0.05) is 67.1 Å². The van der Waals surface area contributed by atoms with Crippen LogP contribution in [0.1, 0.15) is 35.2 Å². The Morgan fingerprint density at radius 2 is 1.78 bits per heavy atom. The third kappa shape index (κ3) is 5.93. The summed E-state index contributed by atoms with van der Waals surface area (Å²) in [6.07, 6.45) is 1.84. The van der Waals surface area contributed by atoms with Gasteiger partial charge in [0.05, 0.1) is 17.3 Å². The fourth-order valence-electron chi connectivity index (χ4n) is 3.35. The summed E-state index contributed by atoms with van der Waals surface area (Å²) in [6.45, 7) is 1.87. The standard InChI is InChI=1S/C25H23ClN4O2/c1-17(18-7-3-2-4-8-18)15-23(25(32)28-14-13-27)30-24(31)19-11-12-22(29-16-19)20-9-5-6-10-21(20)26/h2-12,16-17,23H,14-15H2,1H3,(H,28,32)(H,30,31)/t17-,23-/m0/s1. The number of pyridine rings is 1. The molecule has 0 unspecified atom stereocenters. The highest BCUT2D eigenvalue weighted by atomic mass is 35.5. The van der Waals surface area contributed by atoms with Gasteiger partial charge in [-0.3, -0.25) is 14.6 Å². The fraction of sp³-hybridized carbons (Fsp3) is 0.200. The van der Waals surface area contributed by atoms with Gasteiger partial charge >= 0.3 is 0 Å². The topological polar surface area (TPSA) is 94.9 Å². The molecule has 0 radical (unpaired) electrons. The molecule has 0 spiro atoms. The van der Waals surface area contributed by atoms with Gasteiger partial charge < -0.3 is 10.6 Å². The van der Waals surface area contributed by atoms with Crippen LogP contribution in [0.5, 0.6) is 0 Å². The van der Waals surface area contributed by atoms with Crippen LogP contribution in [0.15, 0.2) is 72.9 Å². The van der Waals surface area contributed by atoms with Crippen molar-refractivity contribution in [1.82, 2.24) is 15.6 Å². The zero-order valence-electron chi connectivity index (χ0n) is 17.6. The lowest BCUT2D eigenvalue weighted by Gasteiger charge is -2.22. The smallest absolute Gasteiger partial charge is 0.253 e. The summed E-state index contributed by atoms with van der Waals surface area (Å²) in [5.41, 5.74) is 2.80. The van der Waals surface area contributed by atoms with Crippen molar-refractivity contribution >= 4 is 23.4 Å². The number of halogens is 1. The number of carbonyl (C=O) groups is 2. The van der Waals surface area contributed by atoms with E-state index in [4.69, 9.17) is 16.9 Å². The number of carbonyl (C=O) groups excluding carboxylic acids is 2. The van der Waals surface area contributed by atoms with Crippen LogP contribution in [0, 0.1) is 11.3 Å². The Morgan fingerprint density at radius 1 is 1.06 bits per heavy atom. The van der Waals surface area contributed by atoms with E-state index in [2.05, 4.69) is 15.6 Å². The second kappa shape index (κ2) is 11.1. The van der Waals surface area contributed by atoms with E-state index in [9.17, 15) is 9.59 Å². The average Bonchev–Trinajstić information content (AvgIpc) is 2.83. The molecule has 0 fully saturated rings. The van der Waals surface area contributed by atoms with Crippen molar-refractivity contribution in [1.29, 1.82) is 5.26 Å². The maximum Gasteiger partial charge on any atom is 0.253 e. The lowest BCUT2D eigenvalue weighted by molar-refractivity contribution is -0.123. The molecule has 0 aliphatic carbocycles. The number of hydrogen-bond donors (Lipinski definition) is 2. The number of aromatic nitrogens is 1. The van der Waals surface area contributed by atoms with Crippen molar-refractivity contribution in [3.8, 4) is 17.3 Å². The van der Waals surface area contributed by atoms with Gasteiger partial charge in [-0.25, -0.2) is 0 Å². The van der Waals surface area contributed by atoms with Crippen LogP contribution in [-0.4, -0.2) is 29.4 Å². The molecule has 3 rings (SSSR count). The van der Waals surface area contributed by atoms with Gasteiger partial charge in [0.15, 0.2) is 0 Å². The molecule has 32 heavy (non-hydrogen) atoms. The maximum atomic E-state index is 12.8. The molecule has 0 aliphatic heterocycles. The van der Waals surface area contributed by atoms with Gasteiger partial charge in [0, 0.05) is 16.8 Å². The molecular formula is C25H23ClN4O2. The zero-order chi connectivity index (χ0) is 22.9. The largest absolute Gasteiger partial charge is 0.341 e. The highest BCUT2D eigenvalue weighted by molar-refractivity contribution is 6.33. The molecule has 2 atom stereocenters. The quantitative estimate of drug-likeness (QED) is 0.503. The summed E-state index contributed by atoms with van der Waals surface area (Å²) in [5.74, 6) is -0.793. The SMILES string of the molecule is C[C@@H](C[C@H](NC(=O)c1ccc(-c2ccccc2Cl)nc1)C(=O)NCC#N)c1ccccc1. The molecule has 2 amide bonds. The van der Waals surface area contributed by atoms with Crippen molar-refractivity contribution in [2.75, 3.05) is 6.54 Å². The predicted molar refractivity (Wildman–Crippen MR) is 124 cm³/mol. The molecule has 7 heteroatoms. The van der Waals surface area contributed by atoms with E-state index in [1.165, 1.54) is 6.20 Å². The van der Waals surface area contributed by atoms with E-state index in [1.807, 2.05) is 61.5 Å². The van der Waals surface area contributed by atoms with Crippen molar-refractivity contribution < 1.29 is 9.59 Å². The highest BCUT2D eigenvalue weighted by Crippen LogP contribution is 2.26. The first kappa shape index (κ1) is 23.0. The number of nitrogens with zero attached hydrogens (tertiary/aromatic N) is 2. The van der Waals surface area contributed by atoms with Gasteiger partial charge in [-0.05, 0) is 36.1 Å². The summed E-state index contributed by atoms with van der Waals surface area (Å²) in [6, 6.07) is 21.5. The Kier molecular flexibility index (Phi) is 7.96. The van der Waals surface area contributed by atoms with Crippen LogP contribution in [0.25, 0.3) is 11.3 Å². The van der Waals surface area contributed by atoms with Gasteiger partial charge in [0.1, 0.15) is 12.6 Å². The molecule has 0 bridgehead atoms. The van der Waals surface area contributed by atoms with E-state index in [0.717, 1.165) is 11.1 Å². The van der Waals surface area contributed by atoms with Crippen molar-refractivity contribution in [3.63, 3.8) is 0 Å². The second-order valence-corrected chi connectivity index (χ2v) is 7.77. The number of hydrogen-bond acceptors (Lipinski definition) is 4. The molecular weight excluding hydrogens is 424 g/mol. The fourth-order valence-corrected chi connectivity index (χ4v) is 3.58. The highest BCUT2D eigenvalue weighted by Gasteiger charge is 2.24. The van der Waals surface area contributed by atoms with Crippen LogP contribution < -0.4 is 10.6 Å². The summed E-state index contributed by atoms with van der Waals surface area (Å²) in [5, 5.41) is 14.7. The molecule has 1 heterocycles. The average molecular weight is 447 g/mol. The van der Waals surface area contributed by atoms with Gasteiger partial charge in [0.2, 0.25) is 5.91 Å². The first-order valence-corrected chi connectivity index (χ1v) is 10.6. The van der Waals surface area contributed by atoms with E-state index in [-0.39, 0.29) is 12.5 Å². The Labute approximate surface area is 192 Å². The molecule has 0 saturated heterocycles. The van der Waals surface area contributed by atoms with Crippen molar-refractivity contribution in [3.05, 3.63) is 89.1 Å². The van der Waals surface area contributed by atoms with E-state index >= 15 is 0 Å². The Bertz CT molecular complexity index is 1110. The molecule has 0 saturated carbocycles. The zero-order valence-corrected chi connectivity index (χ0v) is 18.3. The van der Waals surface area contributed by atoms with Crippen LogP contribution in [-0.2, 0) is 4.79 Å². The summed E-state index contributed by atoms with van der Waals surface area (Å²) < 4.78 is 0. The van der Waals surface area contributed by atoms with Crippen LogP contribution >= 0.6 is 11.6 Å². The Morgan fingerprint density at radius 3 is 2.44 bits per heavy atom. The molecule has 0 aliphatic rings. The molecule has 6 nitrogen and oxygen atoms in total. The van der Waals surface area contributed by atoms with Gasteiger partial charge in [-0.2, -0.15) is 5.26 Å². The minimum atomic E-state index is -0.797. The Balaban J connectivity index is 1.74. The first-order chi connectivity index (χ1) is 15.5. The number of amides is 2. The second-order valence-electron chi connectivity index (χ2n) is 7.36. The molecule has 1 aromatic heterocycles. The lowest BCUT2D eigenvalue weighted by atomic mass is 9.93. The summed E-state index contributed by atoms with van der Waals surface area (Å²) >= 11 is 6.22. The lowest BCUT2D eigenvalue weighted by Crippen LogP contribution is -2.47. The van der Waals surface area contributed by atoms with Crippen LogP contribution in [0.2, 0.25) is 5.02 Å². The molecule has 2 N–H and O–H groups in total. The van der Waals surface area contributed by atoms with Crippen LogP contribution in [0.3, 0.4) is 0 Å². The van der Waals surface area contributed by atoms with Gasteiger partial charge in [0.25, 0.3) is 5.91 Å². The minimum Gasteiger partial charge on any atom is -0.341 e. The van der Waals surface area contributed by atoms with E-state index in [1.54, 1.807) is 18.2 Å². The normalized spacial score (nSPS) is 12.3. The van der Waals surface area contributed by atoms with Crippen molar-refractivity contribution in [2.24, 2.45) is 0 Å². The number of nitrogens with one attached hydrogen (secondary N) is 2. The van der Waals surface area contributed by atoms with E-state index < -0.39 is 17.9 Å². The summed E-state index contributed by atoms with van der Waals surface area (Å²) in [7, 11) is 0. The number of nitriles is 1. The number of rotatable bonds is 8. The van der Waals surface area contributed by atoms with Crippen LogP contribution in [0.4, 0.5) is 0 Å².